The summed E-state index contributed by atoms with van der Waals surface area (Å²) < 4.78 is 0. The van der Waals surface area contributed by atoms with Crippen LogP contribution in [0, 0.1) is 5.92 Å². The molecule has 1 aromatic rings. The van der Waals surface area contributed by atoms with Crippen molar-refractivity contribution in [3.63, 3.8) is 0 Å². The summed E-state index contributed by atoms with van der Waals surface area (Å²) in [6, 6.07) is 9.55. The highest BCUT2D eigenvalue weighted by molar-refractivity contribution is 5.56. The van der Waals surface area contributed by atoms with Crippen molar-refractivity contribution in [3.8, 4) is 0 Å². The van der Waals surface area contributed by atoms with E-state index in [-0.39, 0.29) is 0 Å². The quantitative estimate of drug-likeness (QED) is 0.239. The molecule has 0 N–H and O–H groups in total. The van der Waals surface area contributed by atoms with Crippen molar-refractivity contribution in [3.05, 3.63) is 29.8 Å². The molecule has 1 saturated carbocycles. The molecule has 7 saturated heterocycles. The van der Waals surface area contributed by atoms with E-state index in [9.17, 15) is 0 Å². The van der Waals surface area contributed by atoms with Gasteiger partial charge in [0.2, 0.25) is 0 Å². The highest BCUT2D eigenvalue weighted by atomic mass is 15.2. The minimum Gasteiger partial charge on any atom is -0.374 e. The zero-order chi connectivity index (χ0) is 43.2. The van der Waals surface area contributed by atoms with Crippen molar-refractivity contribution in [2.24, 2.45) is 5.92 Å². The summed E-state index contributed by atoms with van der Waals surface area (Å²) in [6.45, 7) is 18.4. The molecule has 8 heterocycles. The maximum Gasteiger partial charge on any atom is 0.0396 e. The summed E-state index contributed by atoms with van der Waals surface area (Å²) >= 11 is 0. The van der Waals surface area contributed by atoms with Crippen molar-refractivity contribution >= 4 is 5.69 Å². The van der Waals surface area contributed by atoms with Crippen molar-refractivity contribution in [2.45, 2.75) is 147 Å². The average Bonchev–Trinajstić information content (AvgIpc) is 3.82. The Hall–Kier alpha value is -1.26. The third-order valence-electron chi connectivity index (χ3n) is 14.2. The van der Waals surface area contributed by atoms with Crippen LogP contribution in [0.3, 0.4) is 0 Å². The number of benzene rings is 1. The van der Waals surface area contributed by atoms with Crippen molar-refractivity contribution in [1.82, 2.24) is 34.3 Å². The molecule has 0 amide bonds. The second kappa shape index (κ2) is 33.3. The van der Waals surface area contributed by atoms with Crippen molar-refractivity contribution in [2.75, 3.05) is 153 Å². The number of hydrogen-bond acceptors (Lipinski definition) is 8. The van der Waals surface area contributed by atoms with Gasteiger partial charge in [-0.1, -0.05) is 69.6 Å². The predicted octanol–water partition coefficient (Wildman–Crippen LogP) is 9.39. The first-order chi connectivity index (χ1) is 29.1. The van der Waals surface area contributed by atoms with Crippen molar-refractivity contribution < 1.29 is 0 Å². The SMILES string of the molecule is CN1CC1.CN1CCC1.CN1CCCC1.CN1CCCC2CCCCC21.CN1CCCCC1.CN1CCCCCC1.CN1CCCCCCC1.CN1CCc2ccccc21. The number of fused-ring (bicyclic) bond motifs is 2. The zero-order valence-corrected chi connectivity index (χ0v) is 41.5. The lowest BCUT2D eigenvalue weighted by molar-refractivity contribution is 0.0841. The van der Waals surface area contributed by atoms with Gasteiger partial charge in [-0.25, -0.2) is 0 Å². The molecule has 10 rings (SSSR count). The van der Waals surface area contributed by atoms with Gasteiger partial charge in [-0.3, -0.25) is 0 Å². The Labute approximate surface area is 374 Å². The standard InChI is InChI=1S/C10H19N.C9H11N.C8H17N.C7H15N.C6H13N.C5H11N.C4H9N.C3H7N/c1-11-8-4-6-9-5-2-3-7-10(9)11;1-10-7-6-8-4-2-3-5-9(8)10;1-9-7-5-3-2-4-6-8-9;1-8-6-4-2-3-5-7-8;1-7-5-3-2-4-6-7;1-6-4-2-3-5-6;1-5-3-2-4-5;1-4-2-3-4/h9-10H,2-8H2,1H3;2-5H,6-7H2,1H3;2-8H2,1H3;2-7H2,1H3;2-6H2,1H3;2-5H2,1H3;2-4H2,1H3;2-3H2,1H3. The molecular formula is C52H102N8. The second-order valence-electron chi connectivity index (χ2n) is 20.2. The Bertz CT molecular complexity index is 1110. The Kier molecular flexibility index (Phi) is 29.4. The fourth-order valence-corrected chi connectivity index (χ4v) is 9.51. The van der Waals surface area contributed by atoms with E-state index in [4.69, 9.17) is 0 Å². The van der Waals surface area contributed by atoms with Crippen molar-refractivity contribution in [1.29, 1.82) is 0 Å². The molecule has 8 nitrogen and oxygen atoms in total. The molecule has 8 fully saturated rings. The molecule has 1 aliphatic carbocycles. The molecule has 60 heavy (non-hydrogen) atoms. The first-order valence-corrected chi connectivity index (χ1v) is 25.7. The first-order valence-electron chi connectivity index (χ1n) is 25.7. The maximum absolute atomic E-state index is 2.59. The van der Waals surface area contributed by atoms with Gasteiger partial charge in [-0.15, -0.1) is 0 Å². The van der Waals surface area contributed by atoms with Gasteiger partial charge in [0, 0.05) is 38.4 Å². The topological polar surface area (TPSA) is 25.7 Å². The molecule has 0 bridgehead atoms. The number of para-hydroxylation sites is 1. The molecule has 0 aromatic heterocycles. The van der Waals surface area contributed by atoms with Gasteiger partial charge in [-0.2, -0.15) is 0 Å². The lowest BCUT2D eigenvalue weighted by Crippen LogP contribution is -2.44. The molecule has 0 spiro atoms. The lowest BCUT2D eigenvalue weighted by atomic mass is 9.79. The molecule has 8 aliphatic heterocycles. The number of hydrogen-bond donors (Lipinski definition) is 0. The third kappa shape index (κ3) is 25.8. The van der Waals surface area contributed by atoms with Gasteiger partial charge in [0.25, 0.3) is 0 Å². The molecule has 8 heteroatoms. The third-order valence-corrected chi connectivity index (χ3v) is 14.2. The van der Waals surface area contributed by atoms with Crippen LogP contribution in [0.15, 0.2) is 24.3 Å². The summed E-state index contributed by atoms with van der Waals surface area (Å²) in [5, 5.41) is 0. The largest absolute Gasteiger partial charge is 0.374 e. The van der Waals surface area contributed by atoms with E-state index in [2.05, 4.69) is 120 Å². The van der Waals surface area contributed by atoms with Crippen LogP contribution in [-0.4, -0.2) is 188 Å². The van der Waals surface area contributed by atoms with Crippen LogP contribution < -0.4 is 4.90 Å². The average molecular weight is 839 g/mol. The van der Waals surface area contributed by atoms with Gasteiger partial charge < -0.3 is 39.2 Å². The van der Waals surface area contributed by atoms with Crippen LogP contribution in [0.4, 0.5) is 5.69 Å². The normalized spacial score (nSPS) is 26.4. The van der Waals surface area contributed by atoms with Gasteiger partial charge in [0.05, 0.1) is 0 Å². The van der Waals surface area contributed by atoms with E-state index < -0.39 is 0 Å². The summed E-state index contributed by atoms with van der Waals surface area (Å²) in [4.78, 5) is 19.1. The van der Waals surface area contributed by atoms with E-state index in [1.807, 2.05) is 0 Å². The lowest BCUT2D eigenvalue weighted by Gasteiger charge is -2.42. The van der Waals surface area contributed by atoms with Crippen LogP contribution in [0.2, 0.25) is 0 Å². The maximum atomic E-state index is 2.59. The van der Waals surface area contributed by atoms with Crippen LogP contribution >= 0.6 is 0 Å². The summed E-state index contributed by atoms with van der Waals surface area (Å²) in [5.41, 5.74) is 2.90. The zero-order valence-electron chi connectivity index (χ0n) is 41.5. The van der Waals surface area contributed by atoms with E-state index in [0.717, 1.165) is 12.0 Å². The minimum absolute atomic E-state index is 0.956. The van der Waals surface area contributed by atoms with Gasteiger partial charge in [-0.05, 0) is 229 Å². The molecule has 0 radical (unpaired) electrons. The molecular weight excluding hydrogens is 737 g/mol. The number of rotatable bonds is 0. The Balaban J connectivity index is 0.000000186. The van der Waals surface area contributed by atoms with Crippen LogP contribution in [0.1, 0.15) is 140 Å². The number of likely N-dealkylation sites (tertiary alicyclic amines) is 6. The number of nitrogens with zero attached hydrogens (tertiary/aromatic N) is 8. The first kappa shape index (κ1) is 53.1. The summed E-state index contributed by atoms with van der Waals surface area (Å²) in [5.74, 6) is 1.06. The number of piperidine rings is 2. The van der Waals surface area contributed by atoms with Crippen LogP contribution in [0.5, 0.6) is 0 Å². The fraction of sp³-hybridized carbons (Fsp3) is 0.885. The number of likely N-dealkylation sites (N-methyl/N-ethyl adjacent to an activating group) is 2. The Morgan fingerprint density at radius 2 is 0.683 bits per heavy atom. The smallest absolute Gasteiger partial charge is 0.0396 e. The second-order valence-corrected chi connectivity index (χ2v) is 20.2. The Morgan fingerprint density at radius 3 is 1.07 bits per heavy atom. The highest BCUT2D eigenvalue weighted by Gasteiger charge is 2.30. The number of anilines is 1. The minimum atomic E-state index is 0.956. The van der Waals surface area contributed by atoms with Crippen LogP contribution in [0.25, 0.3) is 0 Å². The van der Waals surface area contributed by atoms with E-state index in [1.54, 1.807) is 0 Å². The van der Waals surface area contributed by atoms with E-state index >= 15 is 0 Å². The van der Waals surface area contributed by atoms with Gasteiger partial charge in [0.1, 0.15) is 0 Å². The van der Waals surface area contributed by atoms with E-state index in [0.29, 0.717) is 0 Å². The Morgan fingerprint density at radius 1 is 0.333 bits per heavy atom. The molecule has 350 valence electrons. The fourth-order valence-electron chi connectivity index (χ4n) is 9.51. The monoisotopic (exact) mass is 839 g/mol. The van der Waals surface area contributed by atoms with Crippen LogP contribution in [-0.2, 0) is 6.42 Å². The molecule has 2 atom stereocenters. The predicted molar refractivity (Wildman–Crippen MR) is 265 cm³/mol. The van der Waals surface area contributed by atoms with Gasteiger partial charge >= 0.3 is 0 Å². The highest BCUT2D eigenvalue weighted by Crippen LogP contribution is 2.34. The van der Waals surface area contributed by atoms with E-state index in [1.165, 1.54) is 244 Å². The van der Waals surface area contributed by atoms with Gasteiger partial charge in [0.15, 0.2) is 0 Å². The summed E-state index contributed by atoms with van der Waals surface area (Å²) in [7, 11) is 17.5. The summed E-state index contributed by atoms with van der Waals surface area (Å²) in [6.07, 6.45) is 31.5. The molecule has 1 aromatic carbocycles. The molecule has 2 unspecified atom stereocenters. The molecule has 9 aliphatic rings.